The van der Waals surface area contributed by atoms with E-state index < -0.39 is 11.1 Å². The third kappa shape index (κ3) is 3.15. The number of aromatic nitrogens is 1. The van der Waals surface area contributed by atoms with Crippen LogP contribution in [0.3, 0.4) is 0 Å². The van der Waals surface area contributed by atoms with Gasteiger partial charge in [0.15, 0.2) is 5.13 Å². The number of thiazole rings is 1. The van der Waals surface area contributed by atoms with E-state index in [1.165, 1.54) is 0 Å². The minimum atomic E-state index is -4.36. The molecule has 0 spiro atoms. The van der Waals surface area contributed by atoms with Crippen LogP contribution in [-0.4, -0.2) is 25.7 Å². The molecular weight excluding hydrogens is 341 g/mol. The Morgan fingerprint density at radius 1 is 1.25 bits per heavy atom. The van der Waals surface area contributed by atoms with Gasteiger partial charge in [-0.15, -0.1) is 0 Å². The predicted octanol–water partition coefficient (Wildman–Crippen LogP) is 4.52. The van der Waals surface area contributed by atoms with E-state index in [-0.39, 0.29) is 6.04 Å². The van der Waals surface area contributed by atoms with Gasteiger partial charge in [0.05, 0.1) is 26.5 Å². The highest BCUT2D eigenvalue weighted by molar-refractivity contribution is 7.15. The molecule has 1 fully saturated rings. The van der Waals surface area contributed by atoms with Gasteiger partial charge in [-0.25, -0.2) is 4.98 Å². The molecule has 1 aliphatic heterocycles. The summed E-state index contributed by atoms with van der Waals surface area (Å²) >= 11 is 0.681. The number of ether oxygens (including phenoxy) is 2. The van der Waals surface area contributed by atoms with Crippen molar-refractivity contribution in [2.24, 2.45) is 0 Å². The van der Waals surface area contributed by atoms with Crippen molar-refractivity contribution in [1.82, 2.24) is 4.98 Å². The van der Waals surface area contributed by atoms with Gasteiger partial charge in [0.25, 0.3) is 0 Å². The first kappa shape index (κ1) is 16.9. The smallest absolute Gasteiger partial charge is 0.427 e. The number of methoxy groups -OCH3 is 2. The Morgan fingerprint density at radius 2 is 2.04 bits per heavy atom. The first-order valence-electron chi connectivity index (χ1n) is 7.45. The summed E-state index contributed by atoms with van der Waals surface area (Å²) in [7, 11) is 3.15. The number of alkyl halides is 3. The third-order valence-corrected chi connectivity index (χ3v) is 5.15. The lowest BCUT2D eigenvalue weighted by atomic mass is 10.0. The molecule has 1 unspecified atom stereocenters. The molecule has 1 aromatic carbocycles. The zero-order chi connectivity index (χ0) is 17.3. The zero-order valence-corrected chi connectivity index (χ0v) is 14.1. The second-order valence-electron chi connectivity index (χ2n) is 5.46. The molecular formula is C16H17F3N2O2S. The minimum absolute atomic E-state index is 0.0573. The van der Waals surface area contributed by atoms with Crippen LogP contribution in [0.25, 0.3) is 0 Å². The van der Waals surface area contributed by atoms with Crippen molar-refractivity contribution >= 4 is 16.5 Å². The van der Waals surface area contributed by atoms with Crippen molar-refractivity contribution in [3.8, 4) is 11.5 Å². The van der Waals surface area contributed by atoms with E-state index >= 15 is 0 Å². The van der Waals surface area contributed by atoms with Crippen molar-refractivity contribution in [1.29, 1.82) is 0 Å². The highest BCUT2D eigenvalue weighted by atomic mass is 32.1. The molecule has 1 aliphatic rings. The fourth-order valence-corrected chi connectivity index (χ4v) is 3.80. The van der Waals surface area contributed by atoms with Crippen LogP contribution in [-0.2, 0) is 6.18 Å². The molecule has 1 atom stereocenters. The van der Waals surface area contributed by atoms with Crippen LogP contribution in [0.15, 0.2) is 24.4 Å². The minimum Gasteiger partial charge on any atom is -0.497 e. The summed E-state index contributed by atoms with van der Waals surface area (Å²) in [5, 5.41) is 0.391. The monoisotopic (exact) mass is 358 g/mol. The Labute approximate surface area is 141 Å². The van der Waals surface area contributed by atoms with E-state index in [2.05, 4.69) is 4.98 Å². The highest BCUT2D eigenvalue weighted by Crippen LogP contribution is 2.44. The fourth-order valence-electron chi connectivity index (χ4n) is 2.94. The predicted molar refractivity (Wildman–Crippen MR) is 86.0 cm³/mol. The average molecular weight is 358 g/mol. The summed E-state index contributed by atoms with van der Waals surface area (Å²) < 4.78 is 49.1. The number of hydrogen-bond acceptors (Lipinski definition) is 5. The topological polar surface area (TPSA) is 34.6 Å². The van der Waals surface area contributed by atoms with Gasteiger partial charge in [-0.2, -0.15) is 13.2 Å². The van der Waals surface area contributed by atoms with Crippen molar-refractivity contribution in [2.75, 3.05) is 25.7 Å². The number of hydrogen-bond donors (Lipinski definition) is 0. The van der Waals surface area contributed by atoms with Crippen molar-refractivity contribution < 1.29 is 22.6 Å². The van der Waals surface area contributed by atoms with Gasteiger partial charge >= 0.3 is 6.18 Å². The van der Waals surface area contributed by atoms with E-state index in [0.29, 0.717) is 34.5 Å². The standard InChI is InChI=1S/C16H17F3N2O2S/c1-22-10-5-6-11(13(8-10)23-2)12-4-3-7-21(12)15-20-9-14(24-15)16(17,18)19/h5-6,8-9,12H,3-4,7H2,1-2H3. The molecule has 2 heterocycles. The van der Waals surface area contributed by atoms with Gasteiger partial charge < -0.3 is 14.4 Å². The summed E-state index contributed by atoms with van der Waals surface area (Å²) in [6.45, 7) is 0.671. The van der Waals surface area contributed by atoms with Crippen LogP contribution in [0, 0.1) is 0 Å². The maximum absolute atomic E-state index is 12.8. The van der Waals surface area contributed by atoms with E-state index in [0.717, 1.165) is 24.6 Å². The van der Waals surface area contributed by atoms with Crippen LogP contribution in [0.2, 0.25) is 0 Å². The molecule has 0 aliphatic carbocycles. The van der Waals surface area contributed by atoms with Crippen LogP contribution in [0.5, 0.6) is 11.5 Å². The molecule has 4 nitrogen and oxygen atoms in total. The summed E-state index contributed by atoms with van der Waals surface area (Å²) in [5.41, 5.74) is 0.930. The summed E-state index contributed by atoms with van der Waals surface area (Å²) in [6, 6.07) is 5.46. The molecule has 1 aromatic heterocycles. The Bertz CT molecular complexity index is 718. The Balaban J connectivity index is 1.92. The van der Waals surface area contributed by atoms with Gasteiger partial charge in [0.1, 0.15) is 16.4 Å². The molecule has 0 bridgehead atoms. The number of rotatable bonds is 4. The molecule has 130 valence electrons. The van der Waals surface area contributed by atoms with Crippen molar-refractivity contribution in [3.63, 3.8) is 0 Å². The largest absolute Gasteiger partial charge is 0.497 e. The zero-order valence-electron chi connectivity index (χ0n) is 13.3. The number of benzene rings is 1. The SMILES string of the molecule is COc1ccc(C2CCCN2c2ncc(C(F)(F)F)s2)c(OC)c1. The Kier molecular flexibility index (Phi) is 4.58. The maximum Gasteiger partial charge on any atom is 0.427 e. The van der Waals surface area contributed by atoms with Gasteiger partial charge in [-0.1, -0.05) is 11.3 Å². The molecule has 0 saturated carbocycles. The van der Waals surface area contributed by atoms with Gasteiger partial charge in [0, 0.05) is 18.2 Å². The molecule has 0 N–H and O–H groups in total. The Morgan fingerprint density at radius 3 is 2.67 bits per heavy atom. The van der Waals surface area contributed by atoms with E-state index in [1.54, 1.807) is 20.3 Å². The van der Waals surface area contributed by atoms with Crippen LogP contribution >= 0.6 is 11.3 Å². The fraction of sp³-hybridized carbons (Fsp3) is 0.438. The van der Waals surface area contributed by atoms with Gasteiger partial charge in [-0.05, 0) is 25.0 Å². The van der Waals surface area contributed by atoms with Crippen molar-refractivity contribution in [2.45, 2.75) is 25.1 Å². The molecule has 2 aromatic rings. The summed E-state index contributed by atoms with van der Waals surface area (Å²) in [4.78, 5) is 5.23. The molecule has 1 saturated heterocycles. The number of anilines is 1. The Hall–Kier alpha value is -1.96. The summed E-state index contributed by atoms with van der Waals surface area (Å²) in [6.07, 6.45) is -1.73. The second-order valence-corrected chi connectivity index (χ2v) is 6.47. The first-order valence-corrected chi connectivity index (χ1v) is 8.27. The highest BCUT2D eigenvalue weighted by Gasteiger charge is 2.36. The van der Waals surface area contributed by atoms with E-state index in [1.807, 2.05) is 17.0 Å². The van der Waals surface area contributed by atoms with Crippen LogP contribution < -0.4 is 14.4 Å². The molecule has 3 rings (SSSR count). The lowest BCUT2D eigenvalue weighted by Crippen LogP contribution is -2.22. The van der Waals surface area contributed by atoms with Crippen LogP contribution in [0.4, 0.5) is 18.3 Å². The molecule has 0 amide bonds. The number of nitrogens with zero attached hydrogens (tertiary/aromatic N) is 2. The molecule has 0 radical (unpaired) electrons. The van der Waals surface area contributed by atoms with Gasteiger partial charge in [-0.3, -0.25) is 0 Å². The summed E-state index contributed by atoms with van der Waals surface area (Å²) in [5.74, 6) is 1.34. The van der Waals surface area contributed by atoms with E-state index in [4.69, 9.17) is 9.47 Å². The van der Waals surface area contributed by atoms with E-state index in [9.17, 15) is 13.2 Å². The first-order chi connectivity index (χ1) is 11.4. The molecule has 8 heteroatoms. The third-order valence-electron chi connectivity index (χ3n) is 4.07. The second kappa shape index (κ2) is 6.51. The number of halogens is 3. The maximum atomic E-state index is 12.8. The lowest BCUT2D eigenvalue weighted by molar-refractivity contribution is -0.134. The molecule has 24 heavy (non-hydrogen) atoms. The normalized spacial score (nSPS) is 18.0. The lowest BCUT2D eigenvalue weighted by Gasteiger charge is -2.26. The quantitative estimate of drug-likeness (QED) is 0.805. The van der Waals surface area contributed by atoms with Crippen molar-refractivity contribution in [3.05, 3.63) is 34.8 Å². The average Bonchev–Trinajstić information content (AvgIpc) is 3.22. The van der Waals surface area contributed by atoms with Crippen LogP contribution in [0.1, 0.15) is 29.3 Å². The van der Waals surface area contributed by atoms with Gasteiger partial charge in [0.2, 0.25) is 0 Å².